The predicted molar refractivity (Wildman–Crippen MR) is 85.3 cm³/mol. The summed E-state index contributed by atoms with van der Waals surface area (Å²) in [6, 6.07) is 8.03. The molecule has 0 N–H and O–H groups in total. The molecule has 114 valence electrons. The Labute approximate surface area is 133 Å². The summed E-state index contributed by atoms with van der Waals surface area (Å²) >= 11 is 0. The van der Waals surface area contributed by atoms with Crippen LogP contribution in [0.5, 0.6) is 0 Å². The van der Waals surface area contributed by atoms with E-state index in [1.54, 1.807) is 12.3 Å². The Bertz CT molecular complexity index is 948. The van der Waals surface area contributed by atoms with E-state index in [0.717, 1.165) is 35.3 Å². The monoisotopic (exact) mass is 306 g/mol. The SMILES string of the molecule is CCc1c(F)cncc1-c1nc2ccc(C#N)cc2n1C1CC1. The third kappa shape index (κ3) is 2.18. The van der Waals surface area contributed by atoms with E-state index in [9.17, 15) is 4.39 Å². The molecule has 0 spiro atoms. The molecule has 0 saturated heterocycles. The van der Waals surface area contributed by atoms with Crippen molar-refractivity contribution in [2.75, 3.05) is 0 Å². The molecule has 23 heavy (non-hydrogen) atoms. The van der Waals surface area contributed by atoms with Crippen LogP contribution in [0.4, 0.5) is 4.39 Å². The van der Waals surface area contributed by atoms with Gasteiger partial charge in [-0.15, -0.1) is 0 Å². The maximum absolute atomic E-state index is 14.1. The van der Waals surface area contributed by atoms with Gasteiger partial charge in [-0.3, -0.25) is 4.98 Å². The number of fused-ring (bicyclic) bond motifs is 1. The molecule has 0 aliphatic heterocycles. The summed E-state index contributed by atoms with van der Waals surface area (Å²) in [6.07, 6.45) is 5.69. The number of aromatic nitrogens is 3. The lowest BCUT2D eigenvalue weighted by Gasteiger charge is -2.11. The molecule has 1 aromatic carbocycles. The number of nitriles is 1. The van der Waals surface area contributed by atoms with Gasteiger partial charge in [0.05, 0.1) is 28.9 Å². The van der Waals surface area contributed by atoms with Gasteiger partial charge in [0, 0.05) is 23.4 Å². The Morgan fingerprint density at radius 2 is 2.17 bits per heavy atom. The van der Waals surface area contributed by atoms with Crippen LogP contribution in [-0.2, 0) is 6.42 Å². The summed E-state index contributed by atoms with van der Waals surface area (Å²) in [7, 11) is 0. The first kappa shape index (κ1) is 13.9. The van der Waals surface area contributed by atoms with Crippen LogP contribution in [0.3, 0.4) is 0 Å². The topological polar surface area (TPSA) is 54.5 Å². The molecule has 1 saturated carbocycles. The van der Waals surface area contributed by atoms with Crippen LogP contribution in [0.15, 0.2) is 30.6 Å². The van der Waals surface area contributed by atoms with Crippen molar-refractivity contribution >= 4 is 11.0 Å². The van der Waals surface area contributed by atoms with E-state index in [2.05, 4.69) is 15.6 Å². The fourth-order valence-electron chi connectivity index (χ4n) is 3.07. The Balaban J connectivity index is 2.03. The van der Waals surface area contributed by atoms with Gasteiger partial charge in [0.15, 0.2) is 0 Å². The summed E-state index contributed by atoms with van der Waals surface area (Å²) in [6.45, 7) is 1.93. The second-order valence-corrected chi connectivity index (χ2v) is 5.85. The average molecular weight is 306 g/mol. The normalized spacial score (nSPS) is 14.1. The third-order valence-corrected chi connectivity index (χ3v) is 4.33. The molecule has 1 aliphatic carbocycles. The van der Waals surface area contributed by atoms with Gasteiger partial charge in [-0.2, -0.15) is 5.26 Å². The van der Waals surface area contributed by atoms with Crippen LogP contribution in [0.2, 0.25) is 0 Å². The molecule has 0 atom stereocenters. The zero-order valence-electron chi connectivity index (χ0n) is 12.8. The van der Waals surface area contributed by atoms with Gasteiger partial charge in [-0.1, -0.05) is 6.92 Å². The Hall–Kier alpha value is -2.74. The largest absolute Gasteiger partial charge is 0.321 e. The molecule has 0 unspecified atom stereocenters. The molecule has 1 fully saturated rings. The predicted octanol–water partition coefficient (Wildman–Crippen LogP) is 4.01. The van der Waals surface area contributed by atoms with Crippen molar-refractivity contribution in [1.29, 1.82) is 5.26 Å². The molecule has 4 rings (SSSR count). The molecular weight excluding hydrogens is 291 g/mol. The minimum absolute atomic E-state index is 0.294. The van der Waals surface area contributed by atoms with Gasteiger partial charge in [0.2, 0.25) is 0 Å². The Morgan fingerprint density at radius 3 is 2.87 bits per heavy atom. The number of benzene rings is 1. The lowest BCUT2D eigenvalue weighted by Crippen LogP contribution is -2.02. The van der Waals surface area contributed by atoms with Crippen molar-refractivity contribution in [3.8, 4) is 17.5 Å². The molecule has 3 aromatic rings. The number of hydrogen-bond donors (Lipinski definition) is 0. The van der Waals surface area contributed by atoms with Crippen LogP contribution in [0.1, 0.15) is 36.9 Å². The molecule has 1 aliphatic rings. The zero-order chi connectivity index (χ0) is 16.0. The Morgan fingerprint density at radius 1 is 1.35 bits per heavy atom. The van der Waals surface area contributed by atoms with Gasteiger partial charge < -0.3 is 4.57 Å². The summed E-state index contributed by atoms with van der Waals surface area (Å²) < 4.78 is 16.3. The standard InChI is InChI=1S/C18H15FN4/c1-2-13-14(9-21-10-15(13)19)18-22-16-6-3-11(8-20)7-17(16)23(18)12-4-5-12/h3,6-7,9-10,12H,2,4-5H2,1H3. The second-order valence-electron chi connectivity index (χ2n) is 5.85. The number of pyridine rings is 1. The average Bonchev–Trinajstić information content (AvgIpc) is 3.34. The summed E-state index contributed by atoms with van der Waals surface area (Å²) in [5.41, 5.74) is 3.76. The maximum atomic E-state index is 14.1. The highest BCUT2D eigenvalue weighted by atomic mass is 19.1. The number of rotatable bonds is 3. The minimum atomic E-state index is -0.294. The molecule has 2 aromatic heterocycles. The van der Waals surface area contributed by atoms with Gasteiger partial charge in [0.25, 0.3) is 0 Å². The lowest BCUT2D eigenvalue weighted by atomic mass is 10.1. The van der Waals surface area contributed by atoms with E-state index < -0.39 is 0 Å². The van der Waals surface area contributed by atoms with Crippen LogP contribution >= 0.6 is 0 Å². The van der Waals surface area contributed by atoms with E-state index in [0.29, 0.717) is 23.6 Å². The van der Waals surface area contributed by atoms with Gasteiger partial charge in [-0.05, 0) is 37.5 Å². The first-order chi connectivity index (χ1) is 11.2. The summed E-state index contributed by atoms with van der Waals surface area (Å²) in [5.74, 6) is 0.457. The molecule has 4 nitrogen and oxygen atoms in total. The van der Waals surface area contributed by atoms with Crippen LogP contribution in [0.25, 0.3) is 22.4 Å². The van der Waals surface area contributed by atoms with Crippen LogP contribution < -0.4 is 0 Å². The smallest absolute Gasteiger partial charge is 0.145 e. The molecule has 5 heteroatoms. The number of halogens is 1. The van der Waals surface area contributed by atoms with E-state index >= 15 is 0 Å². The Kier molecular flexibility index (Phi) is 3.12. The fourth-order valence-corrected chi connectivity index (χ4v) is 3.07. The van der Waals surface area contributed by atoms with Crippen molar-refractivity contribution in [2.24, 2.45) is 0 Å². The fraction of sp³-hybridized carbons (Fsp3) is 0.278. The van der Waals surface area contributed by atoms with Gasteiger partial charge in [-0.25, -0.2) is 9.37 Å². The van der Waals surface area contributed by atoms with Crippen molar-refractivity contribution < 1.29 is 4.39 Å². The van der Waals surface area contributed by atoms with Crippen LogP contribution in [0, 0.1) is 17.1 Å². The molecular formula is C18H15FN4. The second kappa shape index (κ2) is 5.17. The first-order valence-corrected chi connectivity index (χ1v) is 7.77. The molecule has 2 heterocycles. The van der Waals surface area contributed by atoms with E-state index in [1.165, 1.54) is 6.20 Å². The summed E-state index contributed by atoms with van der Waals surface area (Å²) in [5, 5.41) is 9.15. The highest BCUT2D eigenvalue weighted by Crippen LogP contribution is 2.42. The van der Waals surface area contributed by atoms with Gasteiger partial charge >= 0.3 is 0 Å². The third-order valence-electron chi connectivity index (χ3n) is 4.33. The van der Waals surface area contributed by atoms with Crippen molar-refractivity contribution in [3.05, 3.63) is 47.5 Å². The highest BCUT2D eigenvalue weighted by molar-refractivity contribution is 5.83. The number of hydrogen-bond acceptors (Lipinski definition) is 3. The number of imidazole rings is 1. The molecule has 0 bridgehead atoms. The molecule has 0 amide bonds. The van der Waals surface area contributed by atoms with Crippen molar-refractivity contribution in [1.82, 2.24) is 14.5 Å². The number of nitrogens with zero attached hydrogens (tertiary/aromatic N) is 4. The quantitative estimate of drug-likeness (QED) is 0.734. The minimum Gasteiger partial charge on any atom is -0.321 e. The lowest BCUT2D eigenvalue weighted by molar-refractivity contribution is 0.605. The zero-order valence-corrected chi connectivity index (χ0v) is 12.8. The highest BCUT2D eigenvalue weighted by Gasteiger charge is 2.29. The first-order valence-electron chi connectivity index (χ1n) is 7.77. The van der Waals surface area contributed by atoms with Crippen LogP contribution in [-0.4, -0.2) is 14.5 Å². The van der Waals surface area contributed by atoms with Gasteiger partial charge in [0.1, 0.15) is 11.6 Å². The van der Waals surface area contributed by atoms with Crippen molar-refractivity contribution in [2.45, 2.75) is 32.2 Å². The van der Waals surface area contributed by atoms with E-state index in [-0.39, 0.29) is 5.82 Å². The van der Waals surface area contributed by atoms with Crippen molar-refractivity contribution in [3.63, 3.8) is 0 Å². The van der Waals surface area contributed by atoms with E-state index in [1.807, 2.05) is 19.1 Å². The summed E-state index contributed by atoms with van der Waals surface area (Å²) in [4.78, 5) is 8.73. The maximum Gasteiger partial charge on any atom is 0.145 e. The van der Waals surface area contributed by atoms with E-state index in [4.69, 9.17) is 10.2 Å². The molecule has 0 radical (unpaired) electrons.